The first-order valence-electron chi connectivity index (χ1n) is 8.42. The molecule has 0 atom stereocenters. The number of thiophene rings is 1. The van der Waals surface area contributed by atoms with E-state index in [2.05, 4.69) is 16.8 Å². The molecule has 0 spiro atoms. The van der Waals surface area contributed by atoms with Crippen molar-refractivity contribution in [2.24, 2.45) is 0 Å². The molecule has 0 bridgehead atoms. The van der Waals surface area contributed by atoms with Crippen LogP contribution in [0.15, 0.2) is 41.1 Å². The molecule has 134 valence electrons. The Morgan fingerprint density at radius 3 is 2.32 bits per heavy atom. The normalized spacial score (nSPS) is 10.7. The molecule has 5 nitrogen and oxygen atoms in total. The number of rotatable bonds is 8. The van der Waals surface area contributed by atoms with Gasteiger partial charge in [0.2, 0.25) is 5.91 Å². The van der Waals surface area contributed by atoms with Crippen LogP contribution in [0, 0.1) is 0 Å². The minimum Gasteiger partial charge on any atom is -0.339 e. The molecule has 0 saturated carbocycles. The molecule has 1 aromatic carbocycles. The molecule has 0 fully saturated rings. The molecule has 0 aliphatic rings. The van der Waals surface area contributed by atoms with Crippen molar-refractivity contribution in [1.29, 1.82) is 0 Å². The number of nitrogens with zero attached hydrogens (tertiary/aromatic N) is 2. The minimum atomic E-state index is -0.0689. The lowest BCUT2D eigenvalue weighted by Gasteiger charge is -2.19. The van der Waals surface area contributed by atoms with E-state index in [1.807, 2.05) is 31.2 Å². The number of hydrogen-bond acceptors (Lipinski definition) is 4. The van der Waals surface area contributed by atoms with Crippen molar-refractivity contribution in [2.45, 2.75) is 20.4 Å². The van der Waals surface area contributed by atoms with Gasteiger partial charge in [-0.15, -0.1) is 0 Å². The zero-order valence-electron chi connectivity index (χ0n) is 15.0. The summed E-state index contributed by atoms with van der Waals surface area (Å²) in [4.78, 5) is 28.2. The van der Waals surface area contributed by atoms with E-state index in [0.717, 1.165) is 6.54 Å². The van der Waals surface area contributed by atoms with Gasteiger partial charge in [0.1, 0.15) is 0 Å². The molecule has 0 radical (unpaired) electrons. The minimum absolute atomic E-state index is 0.0124. The van der Waals surface area contributed by atoms with E-state index < -0.39 is 0 Å². The maximum Gasteiger partial charge on any atom is 0.253 e. The molecule has 0 aliphatic carbocycles. The molecule has 0 unspecified atom stereocenters. The van der Waals surface area contributed by atoms with Crippen molar-refractivity contribution >= 4 is 28.8 Å². The van der Waals surface area contributed by atoms with Crippen LogP contribution in [0.25, 0.3) is 0 Å². The Hall–Kier alpha value is -2.18. The van der Waals surface area contributed by atoms with Crippen molar-refractivity contribution in [3.63, 3.8) is 0 Å². The second-order valence-electron chi connectivity index (χ2n) is 5.91. The van der Waals surface area contributed by atoms with Gasteiger partial charge in [0.05, 0.1) is 6.54 Å². The van der Waals surface area contributed by atoms with Crippen molar-refractivity contribution < 1.29 is 9.59 Å². The molecule has 1 N–H and O–H groups in total. The number of likely N-dealkylation sites (N-methyl/N-ethyl adjacent to an activating group) is 1. The third kappa shape index (κ3) is 5.69. The van der Waals surface area contributed by atoms with E-state index in [9.17, 15) is 9.59 Å². The lowest BCUT2D eigenvalue weighted by Crippen LogP contribution is -2.30. The van der Waals surface area contributed by atoms with Gasteiger partial charge in [-0.2, -0.15) is 11.3 Å². The second-order valence-corrected chi connectivity index (χ2v) is 6.69. The van der Waals surface area contributed by atoms with Crippen molar-refractivity contribution in [2.75, 3.05) is 32.0 Å². The number of nitrogens with one attached hydrogen (secondary N) is 1. The van der Waals surface area contributed by atoms with E-state index >= 15 is 0 Å². The number of carbonyl (C=O) groups is 2. The molecule has 1 aromatic heterocycles. The standard InChI is InChI=1S/C19H25N3O2S/c1-4-22(5-2)19(24)16-6-8-17(9-7-16)20-18(23)13-21(3)12-15-10-11-25-14-15/h6-11,14H,4-5,12-13H2,1-3H3,(H,20,23). The molecule has 2 rings (SSSR count). The van der Waals surface area contributed by atoms with Gasteiger partial charge in [-0.25, -0.2) is 0 Å². The van der Waals surface area contributed by atoms with E-state index in [1.54, 1.807) is 40.5 Å². The third-order valence-corrected chi connectivity index (χ3v) is 4.64. The van der Waals surface area contributed by atoms with E-state index in [4.69, 9.17) is 0 Å². The van der Waals surface area contributed by atoms with Gasteiger partial charge in [-0.1, -0.05) is 0 Å². The van der Waals surface area contributed by atoms with Gasteiger partial charge < -0.3 is 10.2 Å². The van der Waals surface area contributed by atoms with Crippen LogP contribution in [-0.2, 0) is 11.3 Å². The first-order valence-corrected chi connectivity index (χ1v) is 9.36. The van der Waals surface area contributed by atoms with Crippen LogP contribution in [0.2, 0.25) is 0 Å². The van der Waals surface area contributed by atoms with Gasteiger partial charge in [-0.3, -0.25) is 14.5 Å². The van der Waals surface area contributed by atoms with Crippen LogP contribution in [-0.4, -0.2) is 48.3 Å². The van der Waals surface area contributed by atoms with Crippen LogP contribution in [0.4, 0.5) is 5.69 Å². The summed E-state index contributed by atoms with van der Waals surface area (Å²) in [6.07, 6.45) is 0. The maximum absolute atomic E-state index is 12.3. The Morgan fingerprint density at radius 1 is 1.08 bits per heavy atom. The molecule has 2 aromatic rings. The molecule has 6 heteroatoms. The largest absolute Gasteiger partial charge is 0.339 e. The fourth-order valence-electron chi connectivity index (χ4n) is 2.59. The topological polar surface area (TPSA) is 52.7 Å². The lowest BCUT2D eigenvalue weighted by atomic mass is 10.1. The molecule has 2 amide bonds. The van der Waals surface area contributed by atoms with Gasteiger partial charge in [-0.05, 0) is 67.6 Å². The number of carbonyl (C=O) groups excluding carboxylic acids is 2. The Bertz CT molecular complexity index is 679. The lowest BCUT2D eigenvalue weighted by molar-refractivity contribution is -0.117. The molecule has 25 heavy (non-hydrogen) atoms. The number of hydrogen-bond donors (Lipinski definition) is 1. The summed E-state index contributed by atoms with van der Waals surface area (Å²) < 4.78 is 0. The van der Waals surface area contributed by atoms with Crippen LogP contribution < -0.4 is 5.32 Å². The van der Waals surface area contributed by atoms with Gasteiger partial charge >= 0.3 is 0 Å². The summed E-state index contributed by atoms with van der Waals surface area (Å²) in [7, 11) is 1.92. The van der Waals surface area contributed by atoms with Gasteiger partial charge in [0, 0.05) is 30.9 Å². The van der Waals surface area contributed by atoms with Crippen LogP contribution in [0.3, 0.4) is 0 Å². The van der Waals surface area contributed by atoms with Crippen molar-refractivity contribution in [3.05, 3.63) is 52.2 Å². The highest BCUT2D eigenvalue weighted by molar-refractivity contribution is 7.07. The van der Waals surface area contributed by atoms with E-state index in [0.29, 0.717) is 30.9 Å². The molecule has 0 aliphatic heterocycles. The first kappa shape index (κ1) is 19.1. The fourth-order valence-corrected chi connectivity index (χ4v) is 3.25. The smallest absolute Gasteiger partial charge is 0.253 e. The molecule has 1 heterocycles. The third-order valence-electron chi connectivity index (χ3n) is 3.91. The SMILES string of the molecule is CCN(CC)C(=O)c1ccc(NC(=O)CN(C)Cc2ccsc2)cc1. The maximum atomic E-state index is 12.3. The van der Waals surface area contributed by atoms with Crippen molar-refractivity contribution in [1.82, 2.24) is 9.80 Å². The first-order chi connectivity index (χ1) is 12.0. The Balaban J connectivity index is 1.87. The molecular formula is C19H25N3O2S. The number of anilines is 1. The Labute approximate surface area is 153 Å². The van der Waals surface area contributed by atoms with Crippen LogP contribution >= 0.6 is 11.3 Å². The summed E-state index contributed by atoms with van der Waals surface area (Å²) in [5.41, 5.74) is 2.54. The monoisotopic (exact) mass is 359 g/mol. The molecular weight excluding hydrogens is 334 g/mol. The number of amides is 2. The Morgan fingerprint density at radius 2 is 1.76 bits per heavy atom. The Kier molecular flexibility index (Phi) is 7.16. The second kappa shape index (κ2) is 9.34. The fraction of sp³-hybridized carbons (Fsp3) is 0.368. The summed E-state index contributed by atoms with van der Waals surface area (Å²) in [6, 6.07) is 9.11. The molecule has 0 saturated heterocycles. The zero-order valence-corrected chi connectivity index (χ0v) is 15.8. The van der Waals surface area contributed by atoms with Gasteiger partial charge in [0.25, 0.3) is 5.91 Å². The summed E-state index contributed by atoms with van der Waals surface area (Å²) >= 11 is 1.65. The van der Waals surface area contributed by atoms with Crippen molar-refractivity contribution in [3.8, 4) is 0 Å². The van der Waals surface area contributed by atoms with Gasteiger partial charge in [0.15, 0.2) is 0 Å². The summed E-state index contributed by atoms with van der Waals surface area (Å²) in [5.74, 6) is -0.0566. The summed E-state index contributed by atoms with van der Waals surface area (Å²) in [5, 5.41) is 6.99. The predicted octanol–water partition coefficient (Wildman–Crippen LogP) is 3.30. The highest BCUT2D eigenvalue weighted by Gasteiger charge is 2.13. The summed E-state index contributed by atoms with van der Waals surface area (Å²) in [6.45, 7) is 6.35. The average molecular weight is 359 g/mol. The van der Waals surface area contributed by atoms with E-state index in [-0.39, 0.29) is 11.8 Å². The average Bonchev–Trinajstić information content (AvgIpc) is 3.09. The highest BCUT2D eigenvalue weighted by Crippen LogP contribution is 2.12. The quantitative estimate of drug-likeness (QED) is 0.787. The predicted molar refractivity (Wildman–Crippen MR) is 103 cm³/mol. The van der Waals surface area contributed by atoms with Crippen LogP contribution in [0.1, 0.15) is 29.8 Å². The van der Waals surface area contributed by atoms with Crippen LogP contribution in [0.5, 0.6) is 0 Å². The number of benzene rings is 1. The van der Waals surface area contributed by atoms with E-state index in [1.165, 1.54) is 5.56 Å². The highest BCUT2D eigenvalue weighted by atomic mass is 32.1. The zero-order chi connectivity index (χ0) is 18.2.